The number of carbonyl (C=O) groups excluding carboxylic acids is 1. The fourth-order valence-corrected chi connectivity index (χ4v) is 3.70. The van der Waals surface area contributed by atoms with Crippen molar-refractivity contribution < 1.29 is 19.8 Å². The number of carbonyl (C=O) groups is 2. The Kier molecular flexibility index (Phi) is 6.66. The zero-order valence-electron chi connectivity index (χ0n) is 15.6. The lowest BCUT2D eigenvalue weighted by Gasteiger charge is -2.29. The number of nitrogens with one attached hydrogen (secondary N) is 2. The molecule has 0 heterocycles. The van der Waals surface area contributed by atoms with Crippen molar-refractivity contribution in [1.29, 1.82) is 0 Å². The first-order valence-corrected chi connectivity index (χ1v) is 9.62. The van der Waals surface area contributed by atoms with E-state index in [1.807, 2.05) is 60.7 Å². The fraction of sp³-hybridized carbons (Fsp3) is 0.364. The molecular formula is C22H26N2O4. The minimum atomic E-state index is -0.892. The predicted molar refractivity (Wildman–Crippen MR) is 106 cm³/mol. The highest BCUT2D eigenvalue weighted by Crippen LogP contribution is 2.29. The third-order valence-electron chi connectivity index (χ3n) is 5.31. The molecule has 0 radical (unpaired) electrons. The van der Waals surface area contributed by atoms with E-state index in [2.05, 4.69) is 10.6 Å². The molecule has 2 aromatic carbocycles. The SMILES string of the molecule is O=C(NC1CCC(C(=O)O)CC1)N[C@H](c1ccccc1)[C@@H](O)c1ccccc1. The molecule has 2 aromatic rings. The third-order valence-corrected chi connectivity index (χ3v) is 5.31. The first-order chi connectivity index (χ1) is 13.5. The van der Waals surface area contributed by atoms with Crippen LogP contribution in [0.3, 0.4) is 0 Å². The number of carboxylic acids is 1. The number of hydrogen-bond donors (Lipinski definition) is 4. The second-order valence-corrected chi connectivity index (χ2v) is 7.25. The average Bonchev–Trinajstić information content (AvgIpc) is 2.73. The number of urea groups is 1. The fourth-order valence-electron chi connectivity index (χ4n) is 3.70. The lowest BCUT2D eigenvalue weighted by atomic mass is 9.86. The van der Waals surface area contributed by atoms with Gasteiger partial charge in [-0.25, -0.2) is 4.79 Å². The number of rotatable bonds is 6. The van der Waals surface area contributed by atoms with Crippen molar-refractivity contribution in [3.05, 3.63) is 71.8 Å². The summed E-state index contributed by atoms with van der Waals surface area (Å²) in [6.45, 7) is 0. The van der Waals surface area contributed by atoms with Gasteiger partial charge >= 0.3 is 12.0 Å². The van der Waals surface area contributed by atoms with Gasteiger partial charge in [0, 0.05) is 6.04 Å². The summed E-state index contributed by atoms with van der Waals surface area (Å²) in [6, 6.07) is 17.6. The summed E-state index contributed by atoms with van der Waals surface area (Å²) in [5.41, 5.74) is 1.53. The van der Waals surface area contributed by atoms with E-state index in [-0.39, 0.29) is 18.0 Å². The Bertz CT molecular complexity index is 774. The van der Waals surface area contributed by atoms with Crippen LogP contribution in [0.25, 0.3) is 0 Å². The summed E-state index contributed by atoms with van der Waals surface area (Å²) in [7, 11) is 0. The molecule has 148 valence electrons. The number of aliphatic hydroxyl groups excluding tert-OH is 1. The van der Waals surface area contributed by atoms with E-state index in [4.69, 9.17) is 5.11 Å². The highest BCUT2D eigenvalue weighted by molar-refractivity contribution is 5.75. The molecule has 6 nitrogen and oxygen atoms in total. The van der Waals surface area contributed by atoms with Crippen LogP contribution in [0.5, 0.6) is 0 Å². The average molecular weight is 382 g/mol. The van der Waals surface area contributed by atoms with Crippen LogP contribution in [0.2, 0.25) is 0 Å². The molecule has 3 rings (SSSR count). The van der Waals surface area contributed by atoms with Crippen molar-refractivity contribution in [2.75, 3.05) is 0 Å². The topological polar surface area (TPSA) is 98.7 Å². The van der Waals surface area contributed by atoms with Crippen LogP contribution in [0.15, 0.2) is 60.7 Å². The molecule has 1 saturated carbocycles. The van der Waals surface area contributed by atoms with Crippen LogP contribution >= 0.6 is 0 Å². The molecule has 0 spiro atoms. The molecular weight excluding hydrogens is 356 g/mol. The van der Waals surface area contributed by atoms with E-state index in [1.165, 1.54) is 0 Å². The summed E-state index contributed by atoms with van der Waals surface area (Å²) < 4.78 is 0. The van der Waals surface area contributed by atoms with Crippen LogP contribution in [-0.4, -0.2) is 28.3 Å². The van der Waals surface area contributed by atoms with Crippen LogP contribution in [0, 0.1) is 5.92 Å². The lowest BCUT2D eigenvalue weighted by Crippen LogP contribution is -2.46. The maximum absolute atomic E-state index is 12.6. The number of hydrogen-bond acceptors (Lipinski definition) is 3. The molecule has 1 aliphatic carbocycles. The van der Waals surface area contributed by atoms with E-state index in [0.29, 0.717) is 25.7 Å². The van der Waals surface area contributed by atoms with Crippen molar-refractivity contribution in [3.8, 4) is 0 Å². The van der Waals surface area contributed by atoms with E-state index >= 15 is 0 Å². The van der Waals surface area contributed by atoms with E-state index in [9.17, 15) is 14.7 Å². The van der Waals surface area contributed by atoms with E-state index in [1.54, 1.807) is 0 Å². The maximum atomic E-state index is 12.6. The monoisotopic (exact) mass is 382 g/mol. The van der Waals surface area contributed by atoms with E-state index < -0.39 is 18.1 Å². The number of aliphatic carboxylic acids is 1. The Morgan fingerprint density at radius 1 is 0.857 bits per heavy atom. The lowest BCUT2D eigenvalue weighted by molar-refractivity contribution is -0.142. The normalized spacial score (nSPS) is 21.3. The number of amides is 2. The van der Waals surface area contributed by atoms with Gasteiger partial charge in [0.05, 0.1) is 12.0 Å². The molecule has 0 saturated heterocycles. The standard InChI is InChI=1S/C22H26N2O4/c25-20(16-9-5-2-6-10-16)19(15-7-3-1-4-8-15)24-22(28)23-18-13-11-17(12-14-18)21(26)27/h1-10,17-20,25H,11-14H2,(H,26,27)(H2,23,24,28)/t17?,18?,19-,20+/m1/s1. The van der Waals surface area contributed by atoms with Gasteiger partial charge in [-0.15, -0.1) is 0 Å². The molecule has 0 unspecified atom stereocenters. The van der Waals surface area contributed by atoms with Gasteiger partial charge in [-0.05, 0) is 36.8 Å². The van der Waals surface area contributed by atoms with Crippen LogP contribution < -0.4 is 10.6 Å². The molecule has 0 aromatic heterocycles. The molecule has 28 heavy (non-hydrogen) atoms. The summed E-state index contributed by atoms with van der Waals surface area (Å²) in [4.78, 5) is 23.7. The largest absolute Gasteiger partial charge is 0.481 e. The molecule has 1 fully saturated rings. The quantitative estimate of drug-likeness (QED) is 0.615. The predicted octanol–water partition coefficient (Wildman–Crippen LogP) is 3.40. The number of carboxylic acid groups (broad SMARTS) is 1. The first-order valence-electron chi connectivity index (χ1n) is 9.62. The zero-order chi connectivity index (χ0) is 19.9. The third kappa shape index (κ3) is 5.10. The van der Waals surface area contributed by atoms with Crippen molar-refractivity contribution in [1.82, 2.24) is 10.6 Å². The first kappa shape index (κ1) is 19.9. The molecule has 4 N–H and O–H groups in total. The van der Waals surface area contributed by atoms with Crippen molar-refractivity contribution in [3.63, 3.8) is 0 Å². The minimum absolute atomic E-state index is 0.0547. The highest BCUT2D eigenvalue weighted by Gasteiger charge is 2.29. The molecule has 6 heteroatoms. The molecule has 0 aliphatic heterocycles. The van der Waals surface area contributed by atoms with Gasteiger partial charge in [0.2, 0.25) is 0 Å². The van der Waals surface area contributed by atoms with E-state index in [0.717, 1.165) is 11.1 Å². The van der Waals surface area contributed by atoms with Gasteiger partial charge in [-0.1, -0.05) is 60.7 Å². The Labute approximate surface area is 164 Å². The summed E-state index contributed by atoms with van der Waals surface area (Å²) in [5, 5.41) is 25.8. The number of aliphatic hydroxyl groups is 1. The smallest absolute Gasteiger partial charge is 0.315 e. The Balaban J connectivity index is 1.66. The van der Waals surface area contributed by atoms with Crippen LogP contribution in [0.4, 0.5) is 4.79 Å². The molecule has 2 atom stereocenters. The Morgan fingerprint density at radius 3 is 1.93 bits per heavy atom. The Hall–Kier alpha value is -2.86. The van der Waals surface area contributed by atoms with Gasteiger partial charge in [0.25, 0.3) is 0 Å². The van der Waals surface area contributed by atoms with Gasteiger partial charge in [-0.3, -0.25) is 4.79 Å². The number of benzene rings is 2. The maximum Gasteiger partial charge on any atom is 0.315 e. The molecule has 2 amide bonds. The highest BCUT2D eigenvalue weighted by atomic mass is 16.4. The second-order valence-electron chi connectivity index (χ2n) is 7.25. The molecule has 1 aliphatic rings. The van der Waals surface area contributed by atoms with Gasteiger partial charge < -0.3 is 20.8 Å². The van der Waals surface area contributed by atoms with Crippen LogP contribution in [-0.2, 0) is 4.79 Å². The minimum Gasteiger partial charge on any atom is -0.481 e. The van der Waals surface area contributed by atoms with Gasteiger partial charge in [0.15, 0.2) is 0 Å². The zero-order valence-corrected chi connectivity index (χ0v) is 15.6. The van der Waals surface area contributed by atoms with Crippen molar-refractivity contribution in [2.24, 2.45) is 5.92 Å². The summed E-state index contributed by atoms with van der Waals surface area (Å²) in [5.74, 6) is -1.09. The molecule has 0 bridgehead atoms. The summed E-state index contributed by atoms with van der Waals surface area (Å²) in [6.07, 6.45) is 1.52. The van der Waals surface area contributed by atoms with Crippen LogP contribution in [0.1, 0.15) is 49.0 Å². The van der Waals surface area contributed by atoms with Gasteiger partial charge in [-0.2, -0.15) is 0 Å². The second kappa shape index (κ2) is 9.37. The Morgan fingerprint density at radius 2 is 1.39 bits per heavy atom. The van der Waals surface area contributed by atoms with Gasteiger partial charge in [0.1, 0.15) is 6.10 Å². The summed E-state index contributed by atoms with van der Waals surface area (Å²) >= 11 is 0. The van der Waals surface area contributed by atoms with Crippen molar-refractivity contribution >= 4 is 12.0 Å². The van der Waals surface area contributed by atoms with Crippen molar-refractivity contribution in [2.45, 2.75) is 43.9 Å².